The molecule has 4 heteroatoms. The van der Waals surface area contributed by atoms with Crippen molar-refractivity contribution in [2.45, 2.75) is 26.3 Å². The molecule has 12 heavy (non-hydrogen) atoms. The predicted molar refractivity (Wildman–Crippen MR) is 48.8 cm³/mol. The predicted octanol–water partition coefficient (Wildman–Crippen LogP) is 1.07. The fraction of sp³-hybridized carbons (Fsp3) is 0.500. The minimum atomic E-state index is 0.627. The van der Waals surface area contributed by atoms with Gasteiger partial charge in [0.05, 0.1) is 18.6 Å². The van der Waals surface area contributed by atoms with E-state index in [1.807, 2.05) is 6.20 Å². The van der Waals surface area contributed by atoms with Crippen molar-refractivity contribution < 1.29 is 0 Å². The molecule has 0 atom stereocenters. The summed E-state index contributed by atoms with van der Waals surface area (Å²) >= 11 is 0. The van der Waals surface area contributed by atoms with Crippen LogP contribution in [-0.4, -0.2) is 16.0 Å². The van der Waals surface area contributed by atoms with Gasteiger partial charge in [-0.05, 0) is 6.42 Å². The molecule has 1 rings (SSSR count). The van der Waals surface area contributed by atoms with Crippen molar-refractivity contribution in [1.29, 1.82) is 0 Å². The largest absolute Gasteiger partial charge is 0.387 e. The Kier molecular flexibility index (Phi) is 3.32. The summed E-state index contributed by atoms with van der Waals surface area (Å²) in [5.74, 6) is 0.721. The first-order chi connectivity index (χ1) is 5.83. The first kappa shape index (κ1) is 8.77. The van der Waals surface area contributed by atoms with Crippen LogP contribution in [0, 0.1) is 0 Å². The maximum Gasteiger partial charge on any atom is 0.0941 e. The number of nitrogens with zero attached hydrogens (tertiary/aromatic N) is 2. The van der Waals surface area contributed by atoms with Gasteiger partial charge in [-0.15, -0.1) is 0 Å². The van der Waals surface area contributed by atoms with E-state index in [2.05, 4.69) is 22.1 Å². The second-order valence-electron chi connectivity index (χ2n) is 2.66. The lowest BCUT2D eigenvalue weighted by Crippen LogP contribution is -2.10. The van der Waals surface area contributed by atoms with E-state index in [1.54, 1.807) is 6.20 Å². The van der Waals surface area contributed by atoms with E-state index >= 15 is 0 Å². The third-order valence-electron chi connectivity index (χ3n) is 1.53. The Morgan fingerprint density at radius 3 is 3.17 bits per heavy atom. The summed E-state index contributed by atoms with van der Waals surface area (Å²) < 4.78 is 0. The van der Waals surface area contributed by atoms with Crippen LogP contribution in [0.3, 0.4) is 0 Å². The third kappa shape index (κ3) is 2.74. The van der Waals surface area contributed by atoms with Crippen LogP contribution in [0.5, 0.6) is 0 Å². The topological polar surface area (TPSA) is 67.1 Å². The van der Waals surface area contributed by atoms with Gasteiger partial charge in [0.25, 0.3) is 0 Å². The van der Waals surface area contributed by atoms with Gasteiger partial charge in [0, 0.05) is 18.2 Å². The van der Waals surface area contributed by atoms with Crippen LogP contribution in [0.1, 0.15) is 25.3 Å². The van der Waals surface area contributed by atoms with Crippen molar-refractivity contribution in [1.82, 2.24) is 10.2 Å². The number of aliphatic imine (C=N–C) groups is 1. The number of aromatic nitrogens is 2. The summed E-state index contributed by atoms with van der Waals surface area (Å²) in [5, 5.41) is 6.54. The normalized spacial score (nSPS) is 11.9. The van der Waals surface area contributed by atoms with Crippen LogP contribution in [-0.2, 0) is 6.54 Å². The second kappa shape index (κ2) is 4.54. The first-order valence-corrected chi connectivity index (χ1v) is 4.09. The molecule has 0 aromatic carbocycles. The standard InChI is InChI=1S/C8H14N4/c1-2-3-8(9)10-4-7-5-11-12-6-7/h5-6H,2-4H2,1H3,(H2,9,10)(H,11,12). The van der Waals surface area contributed by atoms with Crippen molar-refractivity contribution in [2.24, 2.45) is 10.7 Å². The molecule has 0 saturated heterocycles. The fourth-order valence-corrected chi connectivity index (χ4v) is 0.892. The lowest BCUT2D eigenvalue weighted by atomic mass is 10.3. The lowest BCUT2D eigenvalue weighted by Gasteiger charge is -1.95. The summed E-state index contributed by atoms with van der Waals surface area (Å²) in [6.07, 6.45) is 5.49. The average Bonchev–Trinajstić information content (AvgIpc) is 2.53. The van der Waals surface area contributed by atoms with E-state index in [0.29, 0.717) is 6.54 Å². The van der Waals surface area contributed by atoms with E-state index in [-0.39, 0.29) is 0 Å². The van der Waals surface area contributed by atoms with Crippen molar-refractivity contribution in [3.63, 3.8) is 0 Å². The van der Waals surface area contributed by atoms with Crippen LogP contribution in [0.4, 0.5) is 0 Å². The van der Waals surface area contributed by atoms with E-state index in [9.17, 15) is 0 Å². The minimum Gasteiger partial charge on any atom is -0.387 e. The summed E-state index contributed by atoms with van der Waals surface area (Å²) in [6.45, 7) is 2.71. The van der Waals surface area contributed by atoms with E-state index < -0.39 is 0 Å². The summed E-state index contributed by atoms with van der Waals surface area (Å²) in [4.78, 5) is 4.19. The molecule has 0 aliphatic rings. The molecule has 1 aromatic rings. The van der Waals surface area contributed by atoms with Gasteiger partial charge in [0.2, 0.25) is 0 Å². The van der Waals surface area contributed by atoms with Gasteiger partial charge >= 0.3 is 0 Å². The van der Waals surface area contributed by atoms with Gasteiger partial charge in [-0.1, -0.05) is 6.92 Å². The number of amidine groups is 1. The lowest BCUT2D eigenvalue weighted by molar-refractivity contribution is 0.955. The molecule has 0 spiro atoms. The zero-order valence-corrected chi connectivity index (χ0v) is 7.25. The minimum absolute atomic E-state index is 0.627. The maximum absolute atomic E-state index is 5.62. The van der Waals surface area contributed by atoms with Gasteiger partial charge in [-0.2, -0.15) is 5.10 Å². The number of nitrogens with one attached hydrogen (secondary N) is 1. The molecule has 0 fully saturated rings. The molecule has 0 aliphatic heterocycles. The highest BCUT2D eigenvalue weighted by molar-refractivity contribution is 5.80. The van der Waals surface area contributed by atoms with Gasteiger partial charge < -0.3 is 5.73 Å². The molecule has 0 amide bonds. The van der Waals surface area contributed by atoms with Crippen molar-refractivity contribution in [2.75, 3.05) is 0 Å². The highest BCUT2D eigenvalue weighted by Crippen LogP contribution is 1.97. The molecule has 3 N–H and O–H groups in total. The maximum atomic E-state index is 5.62. The molecule has 0 aliphatic carbocycles. The van der Waals surface area contributed by atoms with E-state index in [0.717, 1.165) is 24.2 Å². The molecule has 66 valence electrons. The summed E-state index contributed by atoms with van der Waals surface area (Å²) in [7, 11) is 0. The monoisotopic (exact) mass is 166 g/mol. The summed E-state index contributed by atoms with van der Waals surface area (Å²) in [6, 6.07) is 0. The van der Waals surface area contributed by atoms with Crippen LogP contribution in [0.2, 0.25) is 0 Å². The highest BCUT2D eigenvalue weighted by Gasteiger charge is 1.92. The zero-order chi connectivity index (χ0) is 8.81. The number of hydrogen-bond donors (Lipinski definition) is 2. The Morgan fingerprint density at radius 2 is 2.58 bits per heavy atom. The number of rotatable bonds is 4. The highest BCUT2D eigenvalue weighted by atomic mass is 15.1. The molecule has 4 nitrogen and oxygen atoms in total. The van der Waals surface area contributed by atoms with Crippen molar-refractivity contribution >= 4 is 5.84 Å². The molecular weight excluding hydrogens is 152 g/mol. The zero-order valence-electron chi connectivity index (χ0n) is 7.25. The van der Waals surface area contributed by atoms with E-state index in [4.69, 9.17) is 5.73 Å². The number of H-pyrrole nitrogens is 1. The summed E-state index contributed by atoms with van der Waals surface area (Å²) in [5.41, 5.74) is 6.68. The number of nitrogens with two attached hydrogens (primary N) is 1. The molecule has 0 radical (unpaired) electrons. The first-order valence-electron chi connectivity index (χ1n) is 4.09. The number of hydrogen-bond acceptors (Lipinski definition) is 2. The average molecular weight is 166 g/mol. The van der Waals surface area contributed by atoms with Gasteiger partial charge in [0.1, 0.15) is 0 Å². The quantitative estimate of drug-likeness (QED) is 0.519. The van der Waals surface area contributed by atoms with Crippen LogP contribution in [0.15, 0.2) is 17.4 Å². The van der Waals surface area contributed by atoms with Crippen LogP contribution >= 0.6 is 0 Å². The molecule has 1 heterocycles. The Bertz CT molecular complexity index is 238. The molecule has 0 unspecified atom stereocenters. The van der Waals surface area contributed by atoms with Crippen molar-refractivity contribution in [3.8, 4) is 0 Å². The Morgan fingerprint density at radius 1 is 1.75 bits per heavy atom. The third-order valence-corrected chi connectivity index (χ3v) is 1.53. The Balaban J connectivity index is 2.38. The fourth-order valence-electron chi connectivity index (χ4n) is 0.892. The van der Waals surface area contributed by atoms with Crippen LogP contribution in [0.25, 0.3) is 0 Å². The van der Waals surface area contributed by atoms with Crippen molar-refractivity contribution in [3.05, 3.63) is 18.0 Å². The smallest absolute Gasteiger partial charge is 0.0941 e. The SMILES string of the molecule is CCCC(N)=NCc1cn[nH]c1. The number of aromatic amines is 1. The second-order valence-corrected chi connectivity index (χ2v) is 2.66. The van der Waals surface area contributed by atoms with Gasteiger partial charge in [-0.3, -0.25) is 10.1 Å². The Hall–Kier alpha value is -1.32. The molecule has 0 saturated carbocycles. The van der Waals surface area contributed by atoms with Gasteiger partial charge in [0.15, 0.2) is 0 Å². The van der Waals surface area contributed by atoms with Crippen LogP contribution < -0.4 is 5.73 Å². The molecular formula is C8H14N4. The Labute approximate surface area is 71.9 Å². The molecule has 1 aromatic heterocycles. The molecule has 0 bridgehead atoms. The van der Waals surface area contributed by atoms with Gasteiger partial charge in [-0.25, -0.2) is 0 Å². The van der Waals surface area contributed by atoms with E-state index in [1.165, 1.54) is 0 Å².